The first-order valence-electron chi connectivity index (χ1n) is 8.56. The van der Waals surface area contributed by atoms with Crippen LogP contribution in [0.1, 0.15) is 31.6 Å². The van der Waals surface area contributed by atoms with Crippen LogP contribution in [0.5, 0.6) is 0 Å². The van der Waals surface area contributed by atoms with Crippen molar-refractivity contribution in [3.8, 4) is 0 Å². The van der Waals surface area contributed by atoms with Crippen molar-refractivity contribution in [3.63, 3.8) is 0 Å². The van der Waals surface area contributed by atoms with Crippen molar-refractivity contribution in [2.24, 2.45) is 5.92 Å². The first kappa shape index (κ1) is 22.4. The van der Waals surface area contributed by atoms with Gasteiger partial charge in [0.2, 0.25) is 5.91 Å². The van der Waals surface area contributed by atoms with Gasteiger partial charge in [-0.15, -0.1) is 23.7 Å². The van der Waals surface area contributed by atoms with E-state index in [0.717, 1.165) is 30.8 Å². The maximum absolute atomic E-state index is 12.5. The Labute approximate surface area is 160 Å². The minimum atomic E-state index is -3.38. The molecule has 2 rings (SSSR count). The zero-order chi connectivity index (χ0) is 17.6. The number of nitrogens with one attached hydrogen (secondary N) is 2. The minimum Gasteiger partial charge on any atom is -0.355 e. The maximum atomic E-state index is 12.5. The Hall–Kier alpha value is -0.670. The van der Waals surface area contributed by atoms with Gasteiger partial charge in [0.05, 0.1) is 5.92 Å². The lowest BCUT2D eigenvalue weighted by molar-refractivity contribution is -0.125. The van der Waals surface area contributed by atoms with Crippen LogP contribution in [0, 0.1) is 5.92 Å². The van der Waals surface area contributed by atoms with Crippen molar-refractivity contribution in [3.05, 3.63) is 17.0 Å². The molecule has 0 saturated carbocycles. The quantitative estimate of drug-likeness (QED) is 0.686. The highest BCUT2D eigenvalue weighted by molar-refractivity contribution is 7.91. The Morgan fingerprint density at radius 3 is 2.68 bits per heavy atom. The summed E-state index contributed by atoms with van der Waals surface area (Å²) in [5.41, 5.74) is 0. The van der Waals surface area contributed by atoms with Crippen molar-refractivity contribution in [2.45, 2.75) is 37.3 Å². The molecule has 25 heavy (non-hydrogen) atoms. The van der Waals surface area contributed by atoms with Gasteiger partial charge in [0.1, 0.15) is 4.21 Å². The molecule has 6 nitrogen and oxygen atoms in total. The van der Waals surface area contributed by atoms with E-state index in [0.29, 0.717) is 30.3 Å². The molecule has 144 valence electrons. The van der Waals surface area contributed by atoms with E-state index < -0.39 is 10.0 Å². The van der Waals surface area contributed by atoms with E-state index in [1.807, 2.05) is 19.9 Å². The molecule has 0 radical (unpaired) electrons. The van der Waals surface area contributed by atoms with Crippen molar-refractivity contribution in [1.82, 2.24) is 14.9 Å². The smallest absolute Gasteiger partial charge is 0.252 e. The van der Waals surface area contributed by atoms with Crippen LogP contribution in [0.4, 0.5) is 0 Å². The summed E-state index contributed by atoms with van der Waals surface area (Å²) in [4.78, 5) is 13.0. The van der Waals surface area contributed by atoms with E-state index in [1.54, 1.807) is 6.07 Å². The number of halogens is 1. The fourth-order valence-corrected chi connectivity index (χ4v) is 5.82. The fourth-order valence-electron chi connectivity index (χ4n) is 2.85. The number of hydrogen-bond donors (Lipinski definition) is 2. The zero-order valence-corrected chi connectivity index (χ0v) is 17.2. The van der Waals surface area contributed by atoms with Crippen molar-refractivity contribution in [1.29, 1.82) is 0 Å². The normalized spacial score (nSPS) is 18.0. The van der Waals surface area contributed by atoms with Gasteiger partial charge in [-0.2, -0.15) is 4.31 Å². The topological polar surface area (TPSA) is 78.5 Å². The molecule has 1 unspecified atom stereocenters. The highest BCUT2D eigenvalue weighted by Gasteiger charge is 2.24. The molecule has 1 amide bonds. The lowest BCUT2D eigenvalue weighted by atomic mass is 9.99. The second-order valence-corrected chi connectivity index (χ2v) is 9.23. The number of piperidine rings is 1. The molecular weight excluding hydrogens is 382 g/mol. The fraction of sp³-hybridized carbons (Fsp3) is 0.688. The Morgan fingerprint density at radius 1 is 1.36 bits per heavy atom. The van der Waals surface area contributed by atoms with Gasteiger partial charge in [-0.1, -0.05) is 13.8 Å². The van der Waals surface area contributed by atoms with Crippen LogP contribution in [-0.2, 0) is 21.2 Å². The van der Waals surface area contributed by atoms with Gasteiger partial charge < -0.3 is 10.6 Å². The van der Waals surface area contributed by atoms with E-state index >= 15 is 0 Å². The van der Waals surface area contributed by atoms with Crippen molar-refractivity contribution < 1.29 is 13.2 Å². The van der Waals surface area contributed by atoms with Crippen LogP contribution in [0.25, 0.3) is 0 Å². The van der Waals surface area contributed by atoms with Gasteiger partial charge in [0.15, 0.2) is 0 Å². The largest absolute Gasteiger partial charge is 0.355 e. The monoisotopic (exact) mass is 409 g/mol. The highest BCUT2D eigenvalue weighted by atomic mass is 35.5. The molecular formula is C16H28ClN3O3S2. The van der Waals surface area contributed by atoms with Crippen LogP contribution in [0.2, 0.25) is 0 Å². The summed E-state index contributed by atoms with van der Waals surface area (Å²) < 4.78 is 26.7. The lowest BCUT2D eigenvalue weighted by Crippen LogP contribution is -2.41. The third-order valence-electron chi connectivity index (χ3n) is 4.27. The van der Waals surface area contributed by atoms with Gasteiger partial charge in [-0.3, -0.25) is 4.79 Å². The molecule has 1 aromatic heterocycles. The van der Waals surface area contributed by atoms with Gasteiger partial charge >= 0.3 is 0 Å². The molecule has 0 aromatic carbocycles. The number of sulfonamides is 1. The second kappa shape index (κ2) is 10.5. The van der Waals surface area contributed by atoms with Gasteiger partial charge in [0.25, 0.3) is 10.0 Å². The van der Waals surface area contributed by atoms with Gasteiger partial charge in [-0.25, -0.2) is 8.42 Å². The van der Waals surface area contributed by atoms with Crippen molar-refractivity contribution in [2.75, 3.05) is 32.7 Å². The summed E-state index contributed by atoms with van der Waals surface area (Å²) in [6.45, 7) is 6.89. The summed E-state index contributed by atoms with van der Waals surface area (Å²) in [6.07, 6.45) is 2.63. The Kier molecular flexibility index (Phi) is 9.37. The molecule has 2 N–H and O–H groups in total. The number of thiophene rings is 1. The lowest BCUT2D eigenvalue weighted by Gasteiger charge is -2.21. The third-order valence-corrected chi connectivity index (χ3v) is 7.94. The van der Waals surface area contributed by atoms with E-state index in [4.69, 9.17) is 0 Å². The molecule has 9 heteroatoms. The van der Waals surface area contributed by atoms with E-state index in [1.165, 1.54) is 15.6 Å². The molecule has 2 heterocycles. The van der Waals surface area contributed by atoms with Crippen LogP contribution < -0.4 is 10.6 Å². The number of rotatable bonds is 8. The molecule has 0 spiro atoms. The van der Waals surface area contributed by atoms with Crippen LogP contribution >= 0.6 is 23.7 Å². The van der Waals surface area contributed by atoms with Gasteiger partial charge in [-0.05, 0) is 37.9 Å². The molecule has 0 bridgehead atoms. The summed E-state index contributed by atoms with van der Waals surface area (Å²) in [5.74, 6) is 0.149. The predicted molar refractivity (Wildman–Crippen MR) is 104 cm³/mol. The van der Waals surface area contributed by atoms with Crippen LogP contribution in [0.3, 0.4) is 0 Å². The molecule has 1 aliphatic rings. The average Bonchev–Trinajstić information content (AvgIpc) is 3.06. The first-order chi connectivity index (χ1) is 11.5. The third kappa shape index (κ3) is 5.92. The molecule has 1 saturated heterocycles. The molecule has 1 aromatic rings. The number of carbonyl (C=O) groups excluding carboxylic acids is 1. The Bertz CT molecular complexity index is 639. The molecule has 1 aliphatic heterocycles. The number of nitrogens with zero attached hydrogens (tertiary/aromatic N) is 1. The maximum Gasteiger partial charge on any atom is 0.252 e. The molecule has 1 atom stereocenters. The summed E-state index contributed by atoms with van der Waals surface area (Å²) in [7, 11) is -3.38. The van der Waals surface area contributed by atoms with Crippen molar-refractivity contribution >= 4 is 39.7 Å². The zero-order valence-electron chi connectivity index (χ0n) is 14.8. The first-order valence-corrected chi connectivity index (χ1v) is 10.8. The predicted octanol–water partition coefficient (Wildman–Crippen LogP) is 1.86. The summed E-state index contributed by atoms with van der Waals surface area (Å²) >= 11 is 1.29. The second-order valence-electron chi connectivity index (χ2n) is 5.89. The Balaban J connectivity index is 0.00000312. The molecule has 0 aliphatic carbocycles. The summed E-state index contributed by atoms with van der Waals surface area (Å²) in [5, 5.41) is 6.20. The average molecular weight is 410 g/mol. The molecule has 1 fully saturated rings. The summed E-state index contributed by atoms with van der Waals surface area (Å²) in [6, 6.07) is 3.51. The van der Waals surface area contributed by atoms with E-state index in [9.17, 15) is 13.2 Å². The van der Waals surface area contributed by atoms with E-state index in [2.05, 4.69) is 10.6 Å². The highest BCUT2D eigenvalue weighted by Crippen LogP contribution is 2.25. The number of amides is 1. The van der Waals surface area contributed by atoms with Crippen LogP contribution in [0.15, 0.2) is 16.3 Å². The van der Waals surface area contributed by atoms with Crippen LogP contribution in [-0.4, -0.2) is 51.4 Å². The van der Waals surface area contributed by atoms with E-state index in [-0.39, 0.29) is 24.2 Å². The standard InChI is InChI=1S/C16H27N3O3S2.ClH/c1-3-19(4-2)24(21,22)15-8-7-14(23-15)9-11-18-16(20)13-6-5-10-17-12-13;/h7-8,13,17H,3-6,9-12H2,1-2H3,(H,18,20);1H. The SMILES string of the molecule is CCN(CC)S(=O)(=O)c1ccc(CCNC(=O)C2CCCNC2)s1.Cl. The number of carbonyl (C=O) groups is 1. The van der Waals surface area contributed by atoms with Gasteiger partial charge in [0, 0.05) is 31.1 Å². The minimum absolute atomic E-state index is 0. The number of hydrogen-bond acceptors (Lipinski definition) is 5. The Morgan fingerprint density at radius 2 is 2.08 bits per heavy atom.